The Balaban J connectivity index is 1.27. The molecule has 2 aromatic heterocycles. The average Bonchev–Trinajstić information content (AvgIpc) is 2.85. The number of pyridine rings is 1. The van der Waals surface area contributed by atoms with Gasteiger partial charge >= 0.3 is 0 Å². The van der Waals surface area contributed by atoms with Crippen molar-refractivity contribution < 1.29 is 4.79 Å². The number of anilines is 7. The molecular formula is C27H24N8O. The number of carbonyl (C=O) groups excluding carboxylic acids is 1. The van der Waals surface area contributed by atoms with Crippen LogP contribution in [0, 0.1) is 6.92 Å². The molecule has 3 aromatic carbocycles. The van der Waals surface area contributed by atoms with Gasteiger partial charge in [0, 0.05) is 57.3 Å². The molecule has 0 aliphatic carbocycles. The number of fused-ring (bicyclic) bond motifs is 1. The Morgan fingerprint density at radius 3 is 2.42 bits per heavy atom. The average molecular weight is 477 g/mol. The molecule has 178 valence electrons. The van der Waals surface area contributed by atoms with E-state index in [2.05, 4.69) is 30.9 Å². The molecule has 0 fully saturated rings. The highest BCUT2D eigenvalue weighted by atomic mass is 16.1. The number of nitrogens with two attached hydrogens (primary N) is 2. The van der Waals surface area contributed by atoms with Crippen molar-refractivity contribution >= 4 is 57.0 Å². The maximum Gasteiger partial charge on any atom is 0.255 e. The van der Waals surface area contributed by atoms with Crippen LogP contribution in [0.25, 0.3) is 10.9 Å². The predicted molar refractivity (Wildman–Crippen MR) is 145 cm³/mol. The third kappa shape index (κ3) is 5.15. The lowest BCUT2D eigenvalue weighted by atomic mass is 10.1. The molecule has 5 aromatic rings. The Hall–Kier alpha value is -5.18. The van der Waals surface area contributed by atoms with Crippen LogP contribution >= 0.6 is 0 Å². The van der Waals surface area contributed by atoms with E-state index in [1.807, 2.05) is 61.5 Å². The van der Waals surface area contributed by atoms with Crippen LogP contribution in [0.15, 0.2) is 85.1 Å². The fourth-order valence-corrected chi connectivity index (χ4v) is 3.81. The molecule has 0 bridgehead atoms. The van der Waals surface area contributed by atoms with Gasteiger partial charge in [0.2, 0.25) is 5.95 Å². The fourth-order valence-electron chi connectivity index (χ4n) is 3.81. The van der Waals surface area contributed by atoms with Crippen LogP contribution in [0.1, 0.15) is 16.1 Å². The number of amides is 1. The van der Waals surface area contributed by atoms with Gasteiger partial charge in [-0.25, -0.2) is 4.98 Å². The summed E-state index contributed by atoms with van der Waals surface area (Å²) in [5, 5.41) is 10.4. The summed E-state index contributed by atoms with van der Waals surface area (Å²) in [5.41, 5.74) is 17.6. The first kappa shape index (κ1) is 22.6. The maximum atomic E-state index is 12.9. The lowest BCUT2D eigenvalue weighted by molar-refractivity contribution is 0.102. The molecule has 0 atom stereocenters. The van der Waals surface area contributed by atoms with Gasteiger partial charge in [0.15, 0.2) is 0 Å². The van der Waals surface area contributed by atoms with E-state index in [1.54, 1.807) is 30.5 Å². The molecule has 9 heteroatoms. The number of nitrogen functional groups attached to an aromatic ring is 2. The number of carbonyl (C=O) groups is 1. The summed E-state index contributed by atoms with van der Waals surface area (Å²) < 4.78 is 0. The van der Waals surface area contributed by atoms with Crippen LogP contribution in [0.2, 0.25) is 0 Å². The monoisotopic (exact) mass is 476 g/mol. The van der Waals surface area contributed by atoms with Crippen LogP contribution in [-0.2, 0) is 0 Å². The fraction of sp³-hybridized carbons (Fsp3) is 0.0370. The van der Waals surface area contributed by atoms with Crippen LogP contribution < -0.4 is 27.4 Å². The molecule has 9 nitrogen and oxygen atoms in total. The van der Waals surface area contributed by atoms with Gasteiger partial charge in [0.1, 0.15) is 5.82 Å². The molecule has 0 unspecified atom stereocenters. The van der Waals surface area contributed by atoms with Crippen molar-refractivity contribution in [1.82, 2.24) is 15.0 Å². The Kier molecular flexibility index (Phi) is 6.02. The van der Waals surface area contributed by atoms with Crippen LogP contribution in [-0.4, -0.2) is 20.9 Å². The highest BCUT2D eigenvalue weighted by Crippen LogP contribution is 2.27. The van der Waals surface area contributed by atoms with Crippen LogP contribution in [0.5, 0.6) is 0 Å². The van der Waals surface area contributed by atoms with Crippen molar-refractivity contribution in [3.05, 3.63) is 96.3 Å². The number of rotatable bonds is 6. The number of benzene rings is 3. The second-order valence-electron chi connectivity index (χ2n) is 8.25. The normalized spacial score (nSPS) is 10.7. The third-order valence-electron chi connectivity index (χ3n) is 5.46. The van der Waals surface area contributed by atoms with Crippen molar-refractivity contribution in [2.24, 2.45) is 0 Å². The first-order chi connectivity index (χ1) is 17.4. The van der Waals surface area contributed by atoms with Gasteiger partial charge in [-0.15, -0.1) is 0 Å². The maximum absolute atomic E-state index is 12.9. The van der Waals surface area contributed by atoms with Gasteiger partial charge in [-0.1, -0.05) is 6.07 Å². The topological polar surface area (TPSA) is 144 Å². The molecule has 36 heavy (non-hydrogen) atoms. The van der Waals surface area contributed by atoms with E-state index < -0.39 is 0 Å². The van der Waals surface area contributed by atoms with Crippen molar-refractivity contribution in [2.45, 2.75) is 6.92 Å². The zero-order valence-corrected chi connectivity index (χ0v) is 19.5. The molecule has 0 radical (unpaired) electrons. The van der Waals surface area contributed by atoms with Crippen molar-refractivity contribution in [3.8, 4) is 0 Å². The highest BCUT2D eigenvalue weighted by Gasteiger charge is 2.09. The van der Waals surface area contributed by atoms with Crippen LogP contribution in [0.3, 0.4) is 0 Å². The van der Waals surface area contributed by atoms with Crippen molar-refractivity contribution in [3.63, 3.8) is 0 Å². The Morgan fingerprint density at radius 2 is 1.61 bits per heavy atom. The number of nitrogens with zero attached hydrogens (tertiary/aromatic N) is 3. The second-order valence-corrected chi connectivity index (χ2v) is 8.25. The van der Waals surface area contributed by atoms with Gasteiger partial charge in [-0.05, 0) is 73.7 Å². The largest absolute Gasteiger partial charge is 0.399 e. The van der Waals surface area contributed by atoms with E-state index in [-0.39, 0.29) is 11.9 Å². The first-order valence-electron chi connectivity index (χ1n) is 11.2. The molecular weight excluding hydrogens is 452 g/mol. The molecule has 0 aliphatic rings. The van der Waals surface area contributed by atoms with E-state index in [0.717, 1.165) is 28.0 Å². The highest BCUT2D eigenvalue weighted by molar-refractivity contribution is 6.05. The van der Waals surface area contributed by atoms with Crippen molar-refractivity contribution in [1.29, 1.82) is 0 Å². The number of nitrogens with one attached hydrogen (secondary N) is 3. The summed E-state index contributed by atoms with van der Waals surface area (Å²) >= 11 is 0. The number of hydrogen-bond donors (Lipinski definition) is 5. The Labute approximate surface area is 207 Å². The summed E-state index contributed by atoms with van der Waals surface area (Å²) in [5.74, 6) is 0.518. The summed E-state index contributed by atoms with van der Waals surface area (Å²) in [7, 11) is 0. The van der Waals surface area contributed by atoms with E-state index in [9.17, 15) is 4.79 Å². The van der Waals surface area contributed by atoms with Gasteiger partial charge in [0.25, 0.3) is 5.91 Å². The van der Waals surface area contributed by atoms with E-state index in [4.69, 9.17) is 11.5 Å². The Morgan fingerprint density at radius 1 is 0.806 bits per heavy atom. The zero-order valence-electron chi connectivity index (χ0n) is 19.5. The molecule has 0 aliphatic heterocycles. The minimum Gasteiger partial charge on any atom is -0.399 e. The summed E-state index contributed by atoms with van der Waals surface area (Å²) in [6, 6.07) is 23.9. The third-order valence-corrected chi connectivity index (χ3v) is 5.46. The lowest BCUT2D eigenvalue weighted by Crippen LogP contribution is -2.12. The minimum absolute atomic E-state index is 0.186. The molecule has 2 heterocycles. The Bertz CT molecular complexity index is 1550. The lowest BCUT2D eigenvalue weighted by Gasteiger charge is -2.12. The van der Waals surface area contributed by atoms with Crippen molar-refractivity contribution in [2.75, 3.05) is 27.4 Å². The predicted octanol–water partition coefficient (Wildman–Crippen LogP) is 5.24. The van der Waals surface area contributed by atoms with Gasteiger partial charge in [-0.2, -0.15) is 4.98 Å². The van der Waals surface area contributed by atoms with E-state index >= 15 is 0 Å². The molecule has 0 spiro atoms. The molecule has 7 N–H and O–H groups in total. The molecule has 0 saturated carbocycles. The molecule has 0 saturated heterocycles. The number of hydrogen-bond acceptors (Lipinski definition) is 8. The standard InChI is InChI=1S/C27H24N8O/c1-16-13-25(35-27(29)31-16)33-21-4-2-3-17(14-21)26(36)34-20-8-6-19(7-9-20)32-24-11-12-30-23-10-5-18(28)15-22(23)24/h2-15H,28H2,1H3,(H,30,32)(H,34,36)(H3,29,31,33,35). The SMILES string of the molecule is Cc1cc(Nc2cccc(C(=O)Nc3ccc(Nc4ccnc5ccc(N)cc45)cc3)c2)nc(N)n1. The van der Waals surface area contributed by atoms with Crippen LogP contribution in [0.4, 0.5) is 40.2 Å². The minimum atomic E-state index is -0.228. The number of aryl methyl sites for hydroxylation is 1. The first-order valence-corrected chi connectivity index (χ1v) is 11.2. The van der Waals surface area contributed by atoms with Gasteiger partial charge in [-0.3, -0.25) is 9.78 Å². The summed E-state index contributed by atoms with van der Waals surface area (Å²) in [6.45, 7) is 1.84. The van der Waals surface area contributed by atoms with Gasteiger partial charge in [0.05, 0.1) is 5.52 Å². The smallest absolute Gasteiger partial charge is 0.255 e. The van der Waals surface area contributed by atoms with Gasteiger partial charge < -0.3 is 27.4 Å². The quantitative estimate of drug-likeness (QED) is 0.209. The summed E-state index contributed by atoms with van der Waals surface area (Å²) in [6.07, 6.45) is 1.75. The molecule has 1 amide bonds. The van der Waals surface area contributed by atoms with E-state index in [1.165, 1.54) is 0 Å². The number of aromatic nitrogens is 3. The zero-order chi connectivity index (χ0) is 25.1. The molecule has 5 rings (SSSR count). The second kappa shape index (κ2) is 9.59. The summed E-state index contributed by atoms with van der Waals surface area (Å²) in [4.78, 5) is 25.5. The van der Waals surface area contributed by atoms with E-state index in [0.29, 0.717) is 28.4 Å².